The molecule has 0 saturated heterocycles. The van der Waals surface area contributed by atoms with E-state index in [1.807, 2.05) is 0 Å². The summed E-state index contributed by atoms with van der Waals surface area (Å²) in [5.41, 5.74) is -1.30. The summed E-state index contributed by atoms with van der Waals surface area (Å²) in [5, 5.41) is 12.5. The molecule has 6 rings (SSSR count). The van der Waals surface area contributed by atoms with E-state index in [0.717, 1.165) is 0 Å². The third-order valence-corrected chi connectivity index (χ3v) is 5.94. The first kappa shape index (κ1) is 45.1. The van der Waals surface area contributed by atoms with E-state index in [-0.39, 0.29) is 42.7 Å². The largest absolute Gasteiger partial charge is 2.00 e. The molecule has 0 spiro atoms. The van der Waals surface area contributed by atoms with Crippen molar-refractivity contribution in [3.05, 3.63) is 131 Å². The molecule has 0 saturated carbocycles. The van der Waals surface area contributed by atoms with Crippen molar-refractivity contribution in [1.29, 1.82) is 0 Å². The first-order valence-corrected chi connectivity index (χ1v) is 15.3. The van der Waals surface area contributed by atoms with E-state index < -0.39 is 46.7 Å². The summed E-state index contributed by atoms with van der Waals surface area (Å²) >= 11 is 0. The average Bonchev–Trinajstić information content (AvgIpc) is 3.84. The topological polar surface area (TPSA) is 174 Å². The fraction of sp³-hybridized carbons (Fsp3) is 0.167. The van der Waals surface area contributed by atoms with E-state index in [4.69, 9.17) is 0 Å². The monoisotopic (exact) mass is 942 g/mol. The molecule has 55 heavy (non-hydrogen) atoms. The third-order valence-electron chi connectivity index (χ3n) is 5.94. The van der Waals surface area contributed by atoms with Crippen molar-refractivity contribution in [2.75, 3.05) is 0 Å². The number of halogens is 6. The fourth-order valence-electron chi connectivity index (χ4n) is 3.79. The molecule has 0 bridgehead atoms. The summed E-state index contributed by atoms with van der Waals surface area (Å²) in [6.45, 7) is 6.11. The Labute approximate surface area is 322 Å². The number of carbonyl (C=O) groups is 4. The molecular formula is C36H28F6N8O4Os. The molecule has 0 radical (unpaired) electrons. The van der Waals surface area contributed by atoms with Crippen molar-refractivity contribution < 1.29 is 65.3 Å². The van der Waals surface area contributed by atoms with Crippen molar-refractivity contribution in [2.45, 2.75) is 40.0 Å². The number of alkyl halides is 6. The van der Waals surface area contributed by atoms with Crippen LogP contribution in [0.1, 0.15) is 71.4 Å². The van der Waals surface area contributed by atoms with Crippen LogP contribution < -0.4 is 10.2 Å². The zero-order chi connectivity index (χ0) is 40.1. The van der Waals surface area contributed by atoms with Gasteiger partial charge in [-0.2, -0.15) is 26.3 Å². The molecule has 6 heterocycles. The Morgan fingerprint density at radius 1 is 0.527 bits per heavy atom. The van der Waals surface area contributed by atoms with Gasteiger partial charge in [-0.05, 0) is 94.1 Å². The number of nitrogens with zero attached hydrogens (tertiary/aromatic N) is 8. The number of rotatable bonds is 6. The van der Waals surface area contributed by atoms with Crippen LogP contribution in [0.3, 0.4) is 0 Å². The van der Waals surface area contributed by atoms with Gasteiger partial charge in [-0.15, -0.1) is 0 Å². The van der Waals surface area contributed by atoms with Crippen LogP contribution in [0.2, 0.25) is 0 Å². The number of hydrogen-bond acceptors (Lipinski definition) is 10. The van der Waals surface area contributed by atoms with Crippen molar-refractivity contribution in [2.24, 2.45) is 0 Å². The van der Waals surface area contributed by atoms with Crippen molar-refractivity contribution in [1.82, 2.24) is 40.3 Å². The maximum Gasteiger partial charge on any atom is 2.00 e. The van der Waals surface area contributed by atoms with Gasteiger partial charge in [-0.1, -0.05) is 30.0 Å². The minimum absolute atomic E-state index is 0. The van der Waals surface area contributed by atoms with E-state index in [1.165, 1.54) is 39.8 Å². The first-order chi connectivity index (χ1) is 25.4. The predicted molar refractivity (Wildman–Crippen MR) is 180 cm³/mol. The molecule has 0 aromatic carbocycles. The average molecular weight is 941 g/mol. The molecule has 0 atom stereocenters. The minimum atomic E-state index is -4.64. The summed E-state index contributed by atoms with van der Waals surface area (Å²) in [4.78, 5) is 59.8. The number of Topliss-reactive ketones (excluding diaryl/α,β-unsaturated/α-hetero) is 2. The second kappa shape index (κ2) is 20.4. The standard InChI is InChI=1S/2C15H9F3N4O.2C3H6O.Os/c2*16-15(17,18)13-8-12(21-22-13)14(23)11-6-3-5-10(20-11)9-4-1-2-7-19-9;2*1-3(2)4;/h2*1-8H,(H,21,22,23);2*1-2H3;/q;;;;+2/p-2. The van der Waals surface area contributed by atoms with Gasteiger partial charge in [0.15, 0.2) is 5.78 Å². The Kier molecular flexibility index (Phi) is 16.7. The van der Waals surface area contributed by atoms with Crippen LogP contribution in [0.25, 0.3) is 22.8 Å². The second-order valence-corrected chi connectivity index (χ2v) is 10.9. The van der Waals surface area contributed by atoms with E-state index in [9.17, 15) is 45.5 Å². The summed E-state index contributed by atoms with van der Waals surface area (Å²) in [6, 6.07) is 20.9. The van der Waals surface area contributed by atoms with Crippen molar-refractivity contribution in [3.63, 3.8) is 0 Å². The van der Waals surface area contributed by atoms with Gasteiger partial charge in [0.25, 0.3) is 0 Å². The van der Waals surface area contributed by atoms with Gasteiger partial charge in [-0.25, -0.2) is 9.97 Å². The molecule has 0 N–H and O–H groups in total. The van der Waals surface area contributed by atoms with Crippen LogP contribution in [0.4, 0.5) is 26.3 Å². The number of carbonyl (C=O) groups excluding carboxylic acids is 4. The minimum Gasteiger partial charge on any atom is -0.572 e. The molecule has 6 aromatic rings. The molecule has 6 aromatic heterocycles. The third kappa shape index (κ3) is 14.3. The molecule has 0 fully saturated rings. The van der Waals surface area contributed by atoms with Gasteiger partial charge in [-0.3, -0.25) is 19.6 Å². The fourth-order valence-corrected chi connectivity index (χ4v) is 3.79. The molecule has 0 unspecified atom stereocenters. The van der Waals surface area contributed by atoms with Gasteiger partial charge < -0.3 is 30.0 Å². The molecule has 286 valence electrons. The van der Waals surface area contributed by atoms with Crippen LogP contribution in [0.15, 0.2) is 97.3 Å². The predicted octanol–water partition coefficient (Wildman–Crippen LogP) is 6.68. The summed E-state index contributed by atoms with van der Waals surface area (Å²) in [5.74, 6) is -1.13. The molecule has 0 aliphatic rings. The Bertz CT molecular complexity index is 2030. The number of pyridine rings is 4. The Morgan fingerprint density at radius 2 is 0.982 bits per heavy atom. The summed E-state index contributed by atoms with van der Waals surface area (Å²) in [7, 11) is 0. The molecule has 19 heteroatoms. The van der Waals surface area contributed by atoms with E-state index in [1.54, 1.807) is 73.1 Å². The maximum absolute atomic E-state index is 12.5. The zero-order valence-corrected chi connectivity index (χ0v) is 31.6. The SMILES string of the molecule is CC(C)=O.CC(C)=O.O=C(c1cc(C(F)(F)F)[n-]n1)c1cccc(-c2ccccn2)n1.O=C(c1cccc(-c2ccccn2)n1)c1cc(C(F)(F)F)n[n-]1.[Os+2]. The van der Waals surface area contributed by atoms with Gasteiger partial charge in [0.1, 0.15) is 28.6 Å². The number of hydrogen-bond donors (Lipinski definition) is 0. The van der Waals surface area contributed by atoms with Gasteiger partial charge in [0.05, 0.1) is 28.5 Å². The van der Waals surface area contributed by atoms with Crippen molar-refractivity contribution >= 4 is 23.1 Å². The van der Waals surface area contributed by atoms with Crippen LogP contribution in [-0.2, 0) is 41.7 Å². The quantitative estimate of drug-likeness (QED) is 0.128. The smallest absolute Gasteiger partial charge is 0.572 e. The van der Waals surface area contributed by atoms with Crippen LogP contribution in [0, 0.1) is 0 Å². The summed E-state index contributed by atoms with van der Waals surface area (Å²) < 4.78 is 75.1. The Morgan fingerprint density at radius 3 is 1.36 bits per heavy atom. The second-order valence-electron chi connectivity index (χ2n) is 10.9. The first-order valence-electron chi connectivity index (χ1n) is 15.3. The van der Waals surface area contributed by atoms with Gasteiger partial charge in [0, 0.05) is 12.4 Å². The number of aromatic nitrogens is 8. The van der Waals surface area contributed by atoms with E-state index >= 15 is 0 Å². The maximum atomic E-state index is 12.5. The molecule has 0 aliphatic carbocycles. The van der Waals surface area contributed by atoms with Crippen LogP contribution >= 0.6 is 0 Å². The van der Waals surface area contributed by atoms with E-state index in [2.05, 4.69) is 40.3 Å². The Hall–Kier alpha value is -6.08. The molecule has 0 amide bonds. The summed E-state index contributed by atoms with van der Waals surface area (Å²) in [6.07, 6.45) is -6.14. The number of ketones is 4. The van der Waals surface area contributed by atoms with Crippen LogP contribution in [0.5, 0.6) is 0 Å². The van der Waals surface area contributed by atoms with Gasteiger partial charge >= 0.3 is 32.1 Å². The molecular weight excluding hydrogens is 913 g/mol. The molecule has 0 aliphatic heterocycles. The molecule has 12 nitrogen and oxygen atoms in total. The van der Waals surface area contributed by atoms with Crippen LogP contribution in [-0.4, -0.2) is 53.3 Å². The van der Waals surface area contributed by atoms with E-state index in [0.29, 0.717) is 34.9 Å². The Balaban J connectivity index is 0.000000314. The normalized spacial score (nSPS) is 10.5. The zero-order valence-electron chi connectivity index (χ0n) is 29.1. The van der Waals surface area contributed by atoms with Gasteiger partial charge in [0.2, 0.25) is 5.78 Å². The van der Waals surface area contributed by atoms with Crippen molar-refractivity contribution in [3.8, 4) is 22.8 Å².